The van der Waals surface area contributed by atoms with Crippen LogP contribution in [0.1, 0.15) is 20.3 Å². The van der Waals surface area contributed by atoms with Crippen LogP contribution in [0.5, 0.6) is 0 Å². The van der Waals surface area contributed by atoms with Crippen molar-refractivity contribution in [1.82, 2.24) is 9.44 Å². The van der Waals surface area contributed by atoms with Gasteiger partial charge >= 0.3 is 22.3 Å². The Morgan fingerprint density at radius 3 is 2.47 bits per heavy atom. The Labute approximate surface area is 99.5 Å². The van der Waals surface area contributed by atoms with Crippen LogP contribution in [0.15, 0.2) is 0 Å². The Balaban J connectivity index is 4.02. The first-order valence-corrected chi connectivity index (χ1v) is 6.43. The van der Waals surface area contributed by atoms with Crippen molar-refractivity contribution < 1.29 is 27.9 Å². The molecule has 3 N–H and O–H groups in total. The molecule has 0 saturated carbocycles. The van der Waals surface area contributed by atoms with Gasteiger partial charge in [0, 0.05) is 6.54 Å². The van der Waals surface area contributed by atoms with Crippen LogP contribution in [0.2, 0.25) is 0 Å². The third kappa shape index (κ3) is 7.53. The number of rotatable bonds is 7. The Hall–Kier alpha value is -1.35. The van der Waals surface area contributed by atoms with Gasteiger partial charge in [-0.3, -0.25) is 4.79 Å². The maximum atomic E-state index is 11.2. The number of aliphatic carboxylic acids is 1. The summed E-state index contributed by atoms with van der Waals surface area (Å²) in [5, 5.41) is 8.56. The maximum Gasteiger partial charge on any atom is 0.421 e. The van der Waals surface area contributed by atoms with Crippen LogP contribution in [-0.2, 0) is 19.7 Å². The predicted octanol–water partition coefficient (Wildman–Crippen LogP) is -0.322. The van der Waals surface area contributed by atoms with Crippen molar-refractivity contribution in [3.8, 4) is 0 Å². The summed E-state index contributed by atoms with van der Waals surface area (Å²) in [5.41, 5.74) is 0. The smallest absolute Gasteiger partial charge is 0.421 e. The summed E-state index contributed by atoms with van der Waals surface area (Å²) in [6, 6.07) is 0. The first-order valence-electron chi connectivity index (χ1n) is 4.95. The summed E-state index contributed by atoms with van der Waals surface area (Å²) in [5.74, 6) is -1.68. The van der Waals surface area contributed by atoms with Crippen molar-refractivity contribution >= 4 is 22.3 Å². The summed E-state index contributed by atoms with van der Waals surface area (Å²) in [4.78, 5) is 21.3. The highest BCUT2D eigenvalue weighted by atomic mass is 32.2. The predicted molar refractivity (Wildman–Crippen MR) is 58.5 cm³/mol. The molecule has 1 amide bonds. The molecule has 0 aliphatic rings. The number of carbonyl (C=O) groups excluding carboxylic acids is 1. The minimum atomic E-state index is -3.99. The van der Waals surface area contributed by atoms with E-state index in [4.69, 9.17) is 5.11 Å². The standard InChI is InChI=1S/C8H16N2O6S/c1-3-16-8(13)10-17(14,15)9-5-4-6(2)7(11)12/h6,9H,3-5H2,1-2H3,(H,10,13)(H,11,12). The molecule has 0 fully saturated rings. The third-order valence-electron chi connectivity index (χ3n) is 1.78. The van der Waals surface area contributed by atoms with Gasteiger partial charge in [-0.2, -0.15) is 13.1 Å². The molecule has 1 unspecified atom stereocenters. The number of amides is 1. The van der Waals surface area contributed by atoms with Crippen molar-refractivity contribution in [3.63, 3.8) is 0 Å². The molecule has 1 atom stereocenters. The second-order valence-corrected chi connectivity index (χ2v) is 4.75. The second kappa shape index (κ2) is 7.07. The lowest BCUT2D eigenvalue weighted by atomic mass is 10.1. The SMILES string of the molecule is CCOC(=O)NS(=O)(=O)NCCC(C)C(=O)O. The minimum Gasteiger partial charge on any atom is -0.481 e. The van der Waals surface area contributed by atoms with E-state index in [9.17, 15) is 18.0 Å². The van der Waals surface area contributed by atoms with Gasteiger partial charge in [-0.05, 0) is 13.3 Å². The molecule has 0 radical (unpaired) electrons. The maximum absolute atomic E-state index is 11.2. The third-order valence-corrected chi connectivity index (χ3v) is 2.80. The van der Waals surface area contributed by atoms with Crippen LogP contribution in [-0.4, -0.2) is 38.7 Å². The fourth-order valence-electron chi connectivity index (χ4n) is 0.840. The highest BCUT2D eigenvalue weighted by molar-refractivity contribution is 7.88. The number of hydrogen-bond acceptors (Lipinski definition) is 5. The summed E-state index contributed by atoms with van der Waals surface area (Å²) in [6.07, 6.45) is -0.953. The van der Waals surface area contributed by atoms with Crippen LogP contribution in [0.25, 0.3) is 0 Å². The Morgan fingerprint density at radius 2 is 2.00 bits per heavy atom. The Morgan fingerprint density at radius 1 is 1.41 bits per heavy atom. The van der Waals surface area contributed by atoms with Gasteiger partial charge in [-0.15, -0.1) is 0 Å². The van der Waals surface area contributed by atoms with Gasteiger partial charge in [0.15, 0.2) is 0 Å². The molecule has 0 aromatic rings. The highest BCUT2D eigenvalue weighted by Crippen LogP contribution is 1.99. The molecule has 0 heterocycles. The molecule has 0 aliphatic carbocycles. The molecule has 0 saturated heterocycles. The highest BCUT2D eigenvalue weighted by Gasteiger charge is 2.16. The lowest BCUT2D eigenvalue weighted by molar-refractivity contribution is -0.141. The normalized spacial score (nSPS) is 12.8. The fraction of sp³-hybridized carbons (Fsp3) is 0.750. The minimum absolute atomic E-state index is 0.0530. The second-order valence-electron chi connectivity index (χ2n) is 3.25. The lowest BCUT2D eigenvalue weighted by Crippen LogP contribution is -2.41. The average molecular weight is 268 g/mol. The molecule has 0 spiro atoms. The van der Waals surface area contributed by atoms with E-state index in [-0.39, 0.29) is 19.6 Å². The first-order chi connectivity index (χ1) is 7.78. The Bertz CT molecular complexity index is 366. The quantitative estimate of drug-likeness (QED) is 0.581. The van der Waals surface area contributed by atoms with Gasteiger partial charge in [0.2, 0.25) is 0 Å². The zero-order valence-electron chi connectivity index (χ0n) is 9.60. The van der Waals surface area contributed by atoms with Gasteiger partial charge in [-0.1, -0.05) is 6.92 Å². The molecule has 0 aromatic heterocycles. The zero-order chi connectivity index (χ0) is 13.5. The number of carboxylic acid groups (broad SMARTS) is 1. The van der Waals surface area contributed by atoms with Crippen molar-refractivity contribution in [2.24, 2.45) is 5.92 Å². The fourth-order valence-corrected chi connectivity index (χ4v) is 1.58. The average Bonchev–Trinajstić information content (AvgIpc) is 2.16. The molecular formula is C8H16N2O6S. The van der Waals surface area contributed by atoms with E-state index in [1.54, 1.807) is 4.72 Å². The number of nitrogens with one attached hydrogen (secondary N) is 2. The van der Waals surface area contributed by atoms with Gasteiger partial charge in [0.1, 0.15) is 0 Å². The van der Waals surface area contributed by atoms with E-state index in [1.165, 1.54) is 13.8 Å². The zero-order valence-corrected chi connectivity index (χ0v) is 10.4. The van der Waals surface area contributed by atoms with E-state index < -0.39 is 28.2 Å². The van der Waals surface area contributed by atoms with Crippen LogP contribution in [0, 0.1) is 5.92 Å². The first kappa shape index (κ1) is 15.7. The van der Waals surface area contributed by atoms with Crippen LogP contribution in [0.4, 0.5) is 4.79 Å². The van der Waals surface area contributed by atoms with E-state index >= 15 is 0 Å². The topological polar surface area (TPSA) is 122 Å². The molecule has 0 aliphatic heterocycles. The van der Waals surface area contributed by atoms with Crippen LogP contribution in [0.3, 0.4) is 0 Å². The number of hydrogen-bond donors (Lipinski definition) is 3. The molecule has 0 bridgehead atoms. The largest absolute Gasteiger partial charge is 0.481 e. The van der Waals surface area contributed by atoms with Crippen molar-refractivity contribution in [1.29, 1.82) is 0 Å². The molecule has 17 heavy (non-hydrogen) atoms. The van der Waals surface area contributed by atoms with Crippen LogP contribution >= 0.6 is 0 Å². The molecule has 100 valence electrons. The van der Waals surface area contributed by atoms with Crippen molar-refractivity contribution in [2.45, 2.75) is 20.3 Å². The summed E-state index contributed by atoms with van der Waals surface area (Å²) in [6.45, 7) is 2.96. The molecule has 8 nitrogen and oxygen atoms in total. The molecular weight excluding hydrogens is 252 g/mol. The van der Waals surface area contributed by atoms with Gasteiger partial charge in [-0.25, -0.2) is 9.52 Å². The van der Waals surface area contributed by atoms with E-state index in [2.05, 4.69) is 4.74 Å². The number of ether oxygens (including phenoxy) is 1. The monoisotopic (exact) mass is 268 g/mol. The molecule has 0 rings (SSSR count). The van der Waals surface area contributed by atoms with E-state index in [0.29, 0.717) is 0 Å². The summed E-state index contributed by atoms with van der Waals surface area (Å²) < 4.78 is 30.4. The summed E-state index contributed by atoms with van der Waals surface area (Å²) in [7, 11) is -3.99. The Kier molecular flexibility index (Phi) is 6.51. The van der Waals surface area contributed by atoms with E-state index in [0.717, 1.165) is 0 Å². The van der Waals surface area contributed by atoms with E-state index in [1.807, 2.05) is 4.72 Å². The van der Waals surface area contributed by atoms with Crippen molar-refractivity contribution in [2.75, 3.05) is 13.2 Å². The number of carbonyl (C=O) groups is 2. The van der Waals surface area contributed by atoms with Crippen LogP contribution < -0.4 is 9.44 Å². The molecule has 9 heteroatoms. The lowest BCUT2D eigenvalue weighted by Gasteiger charge is -2.09. The van der Waals surface area contributed by atoms with Crippen molar-refractivity contribution in [3.05, 3.63) is 0 Å². The molecule has 0 aromatic carbocycles. The van der Waals surface area contributed by atoms with Gasteiger partial charge in [0.05, 0.1) is 12.5 Å². The summed E-state index contributed by atoms with van der Waals surface area (Å²) >= 11 is 0. The number of carboxylic acids is 1. The van der Waals surface area contributed by atoms with Gasteiger partial charge in [0.25, 0.3) is 0 Å². The van der Waals surface area contributed by atoms with Gasteiger partial charge < -0.3 is 9.84 Å².